The lowest BCUT2D eigenvalue weighted by Gasteiger charge is -2.27. The number of nitrogens with one attached hydrogen (secondary N) is 1. The molecule has 6 heteroatoms. The van der Waals surface area contributed by atoms with Gasteiger partial charge in [-0.25, -0.2) is 13.1 Å². The van der Waals surface area contributed by atoms with E-state index in [1.807, 2.05) is 13.8 Å². The summed E-state index contributed by atoms with van der Waals surface area (Å²) in [6.45, 7) is 5.28. The van der Waals surface area contributed by atoms with E-state index in [1.165, 1.54) is 12.1 Å². The van der Waals surface area contributed by atoms with Crippen LogP contribution in [-0.2, 0) is 10.0 Å². The minimum atomic E-state index is -3.59. The molecule has 0 aliphatic carbocycles. The highest BCUT2D eigenvalue weighted by Crippen LogP contribution is 2.18. The largest absolute Gasteiger partial charge is 0.389 e. The molecule has 1 unspecified atom stereocenters. The molecule has 1 aromatic carbocycles. The van der Waals surface area contributed by atoms with Crippen molar-refractivity contribution in [3.05, 3.63) is 28.7 Å². The first-order valence-electron chi connectivity index (χ1n) is 5.63. The van der Waals surface area contributed by atoms with Crippen LogP contribution >= 0.6 is 15.9 Å². The van der Waals surface area contributed by atoms with Crippen LogP contribution in [0.15, 0.2) is 33.6 Å². The Kier molecular flexibility index (Phi) is 4.94. The predicted octanol–water partition coefficient (Wildman–Crippen LogP) is 2.13. The second kappa shape index (κ2) is 5.69. The molecule has 0 aromatic heterocycles. The van der Waals surface area contributed by atoms with Crippen LogP contribution in [0.5, 0.6) is 0 Å². The Morgan fingerprint density at radius 3 is 2.56 bits per heavy atom. The van der Waals surface area contributed by atoms with Crippen LogP contribution in [0.1, 0.15) is 20.8 Å². The van der Waals surface area contributed by atoms with Gasteiger partial charge in [-0.2, -0.15) is 0 Å². The number of rotatable bonds is 5. The molecule has 2 N–H and O–H groups in total. The van der Waals surface area contributed by atoms with Crippen LogP contribution < -0.4 is 4.72 Å². The summed E-state index contributed by atoms with van der Waals surface area (Å²) in [5.74, 6) is -0.0392. The van der Waals surface area contributed by atoms with Crippen LogP contribution in [0.4, 0.5) is 0 Å². The summed E-state index contributed by atoms with van der Waals surface area (Å²) >= 11 is 3.23. The van der Waals surface area contributed by atoms with Crippen LogP contribution in [0, 0.1) is 5.92 Å². The molecule has 0 spiro atoms. The van der Waals surface area contributed by atoms with Crippen molar-refractivity contribution in [1.82, 2.24) is 4.72 Å². The van der Waals surface area contributed by atoms with E-state index < -0.39 is 15.6 Å². The molecule has 0 saturated heterocycles. The summed E-state index contributed by atoms with van der Waals surface area (Å²) in [4.78, 5) is 0.177. The van der Waals surface area contributed by atoms with Crippen molar-refractivity contribution in [2.45, 2.75) is 31.3 Å². The Bertz CT molecular complexity index is 512. The van der Waals surface area contributed by atoms with Crippen LogP contribution in [-0.4, -0.2) is 25.7 Å². The molecule has 102 valence electrons. The molecule has 0 fully saturated rings. The van der Waals surface area contributed by atoms with Crippen molar-refractivity contribution in [2.75, 3.05) is 6.54 Å². The third-order valence-electron chi connectivity index (χ3n) is 2.97. The van der Waals surface area contributed by atoms with E-state index in [0.29, 0.717) is 4.47 Å². The second-order valence-corrected chi connectivity index (χ2v) is 7.48. The molecule has 18 heavy (non-hydrogen) atoms. The van der Waals surface area contributed by atoms with Crippen LogP contribution in [0.2, 0.25) is 0 Å². The number of aliphatic hydroxyl groups is 1. The van der Waals surface area contributed by atoms with E-state index in [1.54, 1.807) is 19.1 Å². The normalized spacial score (nSPS) is 15.7. The van der Waals surface area contributed by atoms with Gasteiger partial charge in [0.2, 0.25) is 10.0 Å². The number of hydrogen-bond acceptors (Lipinski definition) is 3. The molecule has 0 saturated carbocycles. The standard InChI is InChI=1S/C12H18BrNO3S/c1-9(2)12(3,15)8-14-18(16,17)11-6-4-5-10(13)7-11/h4-7,9,14-15H,8H2,1-3H3. The number of sulfonamides is 1. The molecular weight excluding hydrogens is 318 g/mol. The summed E-state index contributed by atoms with van der Waals surface area (Å²) < 4.78 is 27.1. The van der Waals surface area contributed by atoms with E-state index >= 15 is 0 Å². The highest BCUT2D eigenvalue weighted by molar-refractivity contribution is 9.10. The average molecular weight is 336 g/mol. The zero-order valence-corrected chi connectivity index (χ0v) is 13.0. The third kappa shape index (κ3) is 4.05. The third-order valence-corrected chi connectivity index (χ3v) is 4.86. The molecule has 1 aromatic rings. The Morgan fingerprint density at radius 1 is 1.44 bits per heavy atom. The smallest absolute Gasteiger partial charge is 0.240 e. The maximum absolute atomic E-state index is 12.0. The zero-order chi connectivity index (χ0) is 14.0. The quantitative estimate of drug-likeness (QED) is 0.866. The van der Waals surface area contributed by atoms with Crippen molar-refractivity contribution in [3.63, 3.8) is 0 Å². The number of benzene rings is 1. The van der Waals surface area contributed by atoms with Gasteiger partial charge in [0, 0.05) is 11.0 Å². The van der Waals surface area contributed by atoms with Crippen molar-refractivity contribution in [2.24, 2.45) is 5.92 Å². The average Bonchev–Trinajstić information content (AvgIpc) is 2.26. The highest BCUT2D eigenvalue weighted by Gasteiger charge is 2.27. The van der Waals surface area contributed by atoms with Gasteiger partial charge in [-0.3, -0.25) is 0 Å². The van der Waals surface area contributed by atoms with Gasteiger partial charge in [0.15, 0.2) is 0 Å². The Morgan fingerprint density at radius 2 is 2.06 bits per heavy atom. The van der Waals surface area contributed by atoms with E-state index in [4.69, 9.17) is 0 Å². The van der Waals surface area contributed by atoms with Crippen molar-refractivity contribution < 1.29 is 13.5 Å². The fourth-order valence-electron chi connectivity index (χ4n) is 1.16. The van der Waals surface area contributed by atoms with E-state index in [2.05, 4.69) is 20.7 Å². The lowest BCUT2D eigenvalue weighted by atomic mass is 9.93. The summed E-state index contributed by atoms with van der Waals surface area (Å²) in [7, 11) is -3.59. The minimum absolute atomic E-state index is 0.0144. The van der Waals surface area contributed by atoms with Gasteiger partial charge in [0.25, 0.3) is 0 Å². The van der Waals surface area contributed by atoms with Crippen LogP contribution in [0.3, 0.4) is 0 Å². The van der Waals surface area contributed by atoms with E-state index in [-0.39, 0.29) is 17.4 Å². The molecule has 1 atom stereocenters. The number of halogens is 1. The first-order chi connectivity index (χ1) is 8.15. The molecule has 0 aliphatic heterocycles. The van der Waals surface area contributed by atoms with Gasteiger partial charge < -0.3 is 5.11 Å². The minimum Gasteiger partial charge on any atom is -0.389 e. The Hall–Kier alpha value is -0.430. The van der Waals surface area contributed by atoms with Crippen molar-refractivity contribution in [1.29, 1.82) is 0 Å². The lowest BCUT2D eigenvalue weighted by molar-refractivity contribution is 0.0190. The second-order valence-electron chi connectivity index (χ2n) is 4.79. The molecule has 0 aliphatic rings. The van der Waals surface area contributed by atoms with Gasteiger partial charge in [-0.15, -0.1) is 0 Å². The Labute approximate surface area is 117 Å². The summed E-state index contributed by atoms with van der Waals surface area (Å²) in [6.07, 6.45) is 0. The SMILES string of the molecule is CC(C)C(C)(O)CNS(=O)(=O)c1cccc(Br)c1. The predicted molar refractivity (Wildman–Crippen MR) is 74.8 cm³/mol. The maximum Gasteiger partial charge on any atom is 0.240 e. The first-order valence-corrected chi connectivity index (χ1v) is 7.90. The van der Waals surface area contributed by atoms with E-state index in [0.717, 1.165) is 0 Å². The molecule has 0 amide bonds. The molecular formula is C12H18BrNO3S. The van der Waals surface area contributed by atoms with Gasteiger partial charge in [0.05, 0.1) is 10.5 Å². The summed E-state index contributed by atoms with van der Waals surface area (Å²) in [5.41, 5.74) is -1.07. The lowest BCUT2D eigenvalue weighted by Crippen LogP contribution is -2.44. The zero-order valence-electron chi connectivity index (χ0n) is 10.6. The topological polar surface area (TPSA) is 66.4 Å². The van der Waals surface area contributed by atoms with Gasteiger partial charge >= 0.3 is 0 Å². The van der Waals surface area contributed by atoms with Crippen LogP contribution in [0.25, 0.3) is 0 Å². The van der Waals surface area contributed by atoms with E-state index in [9.17, 15) is 13.5 Å². The monoisotopic (exact) mass is 335 g/mol. The molecule has 1 rings (SSSR count). The molecule has 0 radical (unpaired) electrons. The molecule has 0 heterocycles. The highest BCUT2D eigenvalue weighted by atomic mass is 79.9. The maximum atomic E-state index is 12.0. The van der Waals surface area contributed by atoms with Gasteiger partial charge in [0.1, 0.15) is 0 Å². The fourth-order valence-corrected chi connectivity index (χ4v) is 2.90. The molecule has 4 nitrogen and oxygen atoms in total. The van der Waals surface area contributed by atoms with Crippen molar-refractivity contribution >= 4 is 26.0 Å². The van der Waals surface area contributed by atoms with Crippen molar-refractivity contribution in [3.8, 4) is 0 Å². The fraction of sp³-hybridized carbons (Fsp3) is 0.500. The molecule has 0 bridgehead atoms. The van der Waals surface area contributed by atoms with Gasteiger partial charge in [-0.05, 0) is 31.0 Å². The Balaban J connectivity index is 2.84. The summed E-state index contributed by atoms with van der Waals surface area (Å²) in [5, 5.41) is 10.0. The summed E-state index contributed by atoms with van der Waals surface area (Å²) in [6, 6.07) is 6.44. The number of hydrogen-bond donors (Lipinski definition) is 2. The van der Waals surface area contributed by atoms with Gasteiger partial charge in [-0.1, -0.05) is 35.8 Å². The first kappa shape index (κ1) is 15.6.